The molecule has 102 valence electrons. The Morgan fingerprint density at radius 3 is 2.61 bits per heavy atom. The van der Waals surface area contributed by atoms with Gasteiger partial charge in [-0.1, -0.05) is 27.2 Å². The summed E-state index contributed by atoms with van der Waals surface area (Å²) in [7, 11) is 0. The Morgan fingerprint density at radius 1 is 1.28 bits per heavy atom. The Bertz CT molecular complexity index is 305. The number of nitrogens with zero attached hydrogens (tertiary/aromatic N) is 2. The molecule has 2 nitrogen and oxygen atoms in total. The van der Waals surface area contributed by atoms with Crippen LogP contribution in [0.2, 0.25) is 0 Å². The van der Waals surface area contributed by atoms with Crippen molar-refractivity contribution in [2.45, 2.75) is 58.9 Å². The highest BCUT2D eigenvalue weighted by Gasteiger charge is 2.37. The second-order valence-corrected chi connectivity index (χ2v) is 6.68. The molecule has 0 radical (unpaired) electrons. The third-order valence-corrected chi connectivity index (χ3v) is 5.34. The van der Waals surface area contributed by atoms with E-state index >= 15 is 0 Å². The van der Waals surface area contributed by atoms with E-state index in [9.17, 15) is 5.26 Å². The first-order valence-corrected chi connectivity index (χ1v) is 7.79. The summed E-state index contributed by atoms with van der Waals surface area (Å²) in [6, 6.07) is 3.13. The molecule has 0 bridgehead atoms. The van der Waals surface area contributed by atoms with Crippen LogP contribution in [0.5, 0.6) is 0 Å². The molecule has 1 saturated heterocycles. The summed E-state index contributed by atoms with van der Waals surface area (Å²) in [5, 5.41) is 9.38. The van der Waals surface area contributed by atoms with Crippen molar-refractivity contribution in [3.63, 3.8) is 0 Å². The van der Waals surface area contributed by atoms with Crippen molar-refractivity contribution in [2.24, 2.45) is 23.7 Å². The normalized spacial score (nSPS) is 37.9. The maximum atomic E-state index is 9.38. The van der Waals surface area contributed by atoms with Crippen molar-refractivity contribution in [3.05, 3.63) is 0 Å². The molecule has 1 aliphatic carbocycles. The lowest BCUT2D eigenvalue weighted by atomic mass is 9.77. The first kappa shape index (κ1) is 13.9. The molecule has 0 aromatic rings. The van der Waals surface area contributed by atoms with Gasteiger partial charge in [0.2, 0.25) is 0 Å². The molecule has 1 heterocycles. The fraction of sp³-hybridized carbons (Fsp3) is 0.938. The zero-order valence-electron chi connectivity index (χ0n) is 12.2. The largest absolute Gasteiger partial charge is 0.299 e. The number of hydrogen-bond acceptors (Lipinski definition) is 2. The van der Waals surface area contributed by atoms with Crippen LogP contribution in [0.1, 0.15) is 52.9 Å². The third kappa shape index (κ3) is 2.88. The van der Waals surface area contributed by atoms with E-state index < -0.39 is 0 Å². The second-order valence-electron chi connectivity index (χ2n) is 6.68. The van der Waals surface area contributed by atoms with Crippen LogP contribution < -0.4 is 0 Å². The van der Waals surface area contributed by atoms with Crippen molar-refractivity contribution in [1.82, 2.24) is 4.90 Å². The van der Waals surface area contributed by atoms with Crippen LogP contribution >= 0.6 is 0 Å². The Labute approximate surface area is 112 Å². The van der Waals surface area contributed by atoms with Crippen molar-refractivity contribution in [1.29, 1.82) is 5.26 Å². The average molecular weight is 248 g/mol. The van der Waals surface area contributed by atoms with E-state index in [1.54, 1.807) is 0 Å². The van der Waals surface area contributed by atoms with Crippen LogP contribution in [-0.4, -0.2) is 24.0 Å². The molecule has 4 atom stereocenters. The summed E-state index contributed by atoms with van der Waals surface area (Å²) < 4.78 is 0. The summed E-state index contributed by atoms with van der Waals surface area (Å²) in [5.41, 5.74) is 0. The van der Waals surface area contributed by atoms with Crippen LogP contribution in [0.3, 0.4) is 0 Å². The Kier molecular flexibility index (Phi) is 4.67. The van der Waals surface area contributed by atoms with Crippen molar-refractivity contribution in [2.75, 3.05) is 13.1 Å². The molecule has 1 saturated carbocycles. The Hall–Kier alpha value is -0.550. The topological polar surface area (TPSA) is 27.0 Å². The van der Waals surface area contributed by atoms with Crippen molar-refractivity contribution < 1.29 is 0 Å². The Balaban J connectivity index is 1.99. The van der Waals surface area contributed by atoms with Crippen LogP contribution in [0.25, 0.3) is 0 Å². The average Bonchev–Trinajstić information content (AvgIpc) is 2.87. The van der Waals surface area contributed by atoms with Gasteiger partial charge >= 0.3 is 0 Å². The second kappa shape index (κ2) is 6.06. The fourth-order valence-corrected chi connectivity index (χ4v) is 3.82. The lowest BCUT2D eigenvalue weighted by molar-refractivity contribution is 0.116. The molecule has 1 aliphatic heterocycles. The van der Waals surface area contributed by atoms with Crippen molar-refractivity contribution in [3.8, 4) is 6.07 Å². The summed E-state index contributed by atoms with van der Waals surface area (Å²) in [6.45, 7) is 9.44. The number of hydrogen-bond donors (Lipinski definition) is 0. The fourth-order valence-electron chi connectivity index (χ4n) is 3.82. The smallest absolute Gasteiger partial charge is 0.0672 e. The maximum absolute atomic E-state index is 9.38. The van der Waals surface area contributed by atoms with Gasteiger partial charge in [-0.15, -0.1) is 0 Å². The van der Waals surface area contributed by atoms with Crippen LogP contribution in [0, 0.1) is 35.0 Å². The van der Waals surface area contributed by atoms with Gasteiger partial charge in [-0.2, -0.15) is 5.26 Å². The molecule has 2 aliphatic rings. The van der Waals surface area contributed by atoms with Gasteiger partial charge in [0.05, 0.1) is 12.0 Å². The highest BCUT2D eigenvalue weighted by Crippen LogP contribution is 2.37. The van der Waals surface area contributed by atoms with Gasteiger partial charge in [-0.25, -0.2) is 0 Å². The van der Waals surface area contributed by atoms with Gasteiger partial charge < -0.3 is 0 Å². The monoisotopic (exact) mass is 248 g/mol. The number of rotatable bonds is 3. The minimum atomic E-state index is 0.290. The first-order chi connectivity index (χ1) is 8.65. The lowest BCUT2D eigenvalue weighted by Crippen LogP contribution is -2.43. The summed E-state index contributed by atoms with van der Waals surface area (Å²) in [5.74, 6) is 2.80. The van der Waals surface area contributed by atoms with E-state index in [1.165, 1.54) is 38.8 Å². The highest BCUT2D eigenvalue weighted by molar-refractivity contribution is 4.99. The predicted octanol–water partition coefficient (Wildman–Crippen LogP) is 3.68. The first-order valence-electron chi connectivity index (χ1n) is 7.79. The van der Waals surface area contributed by atoms with E-state index in [0.29, 0.717) is 12.0 Å². The van der Waals surface area contributed by atoms with Crippen LogP contribution in [-0.2, 0) is 0 Å². The van der Waals surface area contributed by atoms with Gasteiger partial charge in [0.25, 0.3) is 0 Å². The third-order valence-electron chi connectivity index (χ3n) is 5.34. The molecule has 2 rings (SSSR count). The molecule has 18 heavy (non-hydrogen) atoms. The Morgan fingerprint density at radius 2 is 2.06 bits per heavy atom. The SMILES string of the molecule is CCC1CCC(C#N)C(N2CCC(C(C)C)C2)C1. The molecular formula is C16H28N2. The number of likely N-dealkylation sites (tertiary alicyclic amines) is 1. The predicted molar refractivity (Wildman–Crippen MR) is 75.0 cm³/mol. The molecule has 2 heteroatoms. The molecule has 0 N–H and O–H groups in total. The van der Waals surface area contributed by atoms with Gasteiger partial charge in [0, 0.05) is 12.6 Å². The minimum absolute atomic E-state index is 0.290. The molecule has 2 fully saturated rings. The standard InChI is InChI=1S/C16H28N2/c1-4-13-5-6-14(10-17)16(9-13)18-8-7-15(11-18)12(2)3/h12-16H,4-9,11H2,1-3H3. The molecular weight excluding hydrogens is 220 g/mol. The van der Waals surface area contributed by atoms with E-state index in [2.05, 4.69) is 31.7 Å². The van der Waals surface area contributed by atoms with E-state index in [1.807, 2.05) is 0 Å². The van der Waals surface area contributed by atoms with E-state index in [4.69, 9.17) is 0 Å². The van der Waals surface area contributed by atoms with Crippen molar-refractivity contribution >= 4 is 0 Å². The van der Waals surface area contributed by atoms with E-state index in [0.717, 1.165) is 24.2 Å². The van der Waals surface area contributed by atoms with Crippen LogP contribution in [0.15, 0.2) is 0 Å². The summed E-state index contributed by atoms with van der Waals surface area (Å²) >= 11 is 0. The highest BCUT2D eigenvalue weighted by atomic mass is 15.2. The van der Waals surface area contributed by atoms with Gasteiger partial charge in [-0.05, 0) is 50.0 Å². The molecule has 0 aromatic carbocycles. The zero-order chi connectivity index (χ0) is 13.1. The minimum Gasteiger partial charge on any atom is -0.299 e. The summed E-state index contributed by atoms with van der Waals surface area (Å²) in [4.78, 5) is 2.64. The number of nitriles is 1. The van der Waals surface area contributed by atoms with E-state index in [-0.39, 0.29) is 0 Å². The van der Waals surface area contributed by atoms with Gasteiger partial charge in [0.15, 0.2) is 0 Å². The van der Waals surface area contributed by atoms with Crippen LogP contribution in [0.4, 0.5) is 0 Å². The van der Waals surface area contributed by atoms with Gasteiger partial charge in [0.1, 0.15) is 0 Å². The lowest BCUT2D eigenvalue weighted by Gasteiger charge is -2.38. The molecule has 0 aromatic heterocycles. The zero-order valence-corrected chi connectivity index (χ0v) is 12.2. The summed E-state index contributed by atoms with van der Waals surface area (Å²) in [6.07, 6.45) is 6.29. The van der Waals surface area contributed by atoms with Gasteiger partial charge in [-0.3, -0.25) is 4.90 Å². The maximum Gasteiger partial charge on any atom is 0.0672 e. The quantitative estimate of drug-likeness (QED) is 0.761. The molecule has 4 unspecified atom stereocenters. The molecule has 0 amide bonds. The molecule has 0 spiro atoms.